The van der Waals surface area contributed by atoms with Gasteiger partial charge in [-0.2, -0.15) is 0 Å². The van der Waals surface area contributed by atoms with Crippen molar-refractivity contribution in [2.45, 2.75) is 19.8 Å². The van der Waals surface area contributed by atoms with Gasteiger partial charge in [0.1, 0.15) is 0 Å². The highest BCUT2D eigenvalue weighted by Crippen LogP contribution is 2.24. The summed E-state index contributed by atoms with van der Waals surface area (Å²) in [5.41, 5.74) is 0.744. The average molecular weight is 373 g/mol. The number of carbonyl (C=O) groups is 4. The Kier molecular flexibility index (Phi) is 5.08. The molecule has 0 saturated carbocycles. The molecule has 1 aromatic heterocycles. The minimum Gasteiger partial charge on any atom is -0.461 e. The molecule has 1 saturated heterocycles. The molecule has 1 aliphatic rings. The van der Waals surface area contributed by atoms with Crippen LogP contribution in [0.4, 0.5) is 10.8 Å². The standard InChI is InChI=1S/C17H15N3O5S/c1-2-25-16(24)12-9-26-17(18-12)19-15(23)10-4-3-5-11(8-10)20-13(21)6-7-14(20)22/h3-5,8-9H,2,6-7H2,1H3,(H,18,19,23). The van der Waals surface area contributed by atoms with E-state index in [4.69, 9.17) is 4.74 Å². The zero-order chi connectivity index (χ0) is 18.7. The largest absolute Gasteiger partial charge is 0.461 e. The van der Waals surface area contributed by atoms with Crippen molar-refractivity contribution in [1.82, 2.24) is 4.98 Å². The third kappa shape index (κ3) is 3.62. The molecule has 2 heterocycles. The van der Waals surface area contributed by atoms with Crippen LogP contribution in [0.1, 0.15) is 40.6 Å². The molecule has 1 N–H and O–H groups in total. The maximum absolute atomic E-state index is 12.4. The quantitative estimate of drug-likeness (QED) is 0.636. The van der Waals surface area contributed by atoms with Crippen LogP contribution in [0.5, 0.6) is 0 Å². The van der Waals surface area contributed by atoms with Gasteiger partial charge in [0.2, 0.25) is 11.8 Å². The second kappa shape index (κ2) is 7.44. The highest BCUT2D eigenvalue weighted by Gasteiger charge is 2.30. The van der Waals surface area contributed by atoms with Crippen LogP contribution in [-0.2, 0) is 14.3 Å². The Balaban J connectivity index is 1.74. The molecule has 0 aliphatic carbocycles. The predicted molar refractivity (Wildman–Crippen MR) is 94.2 cm³/mol. The summed E-state index contributed by atoms with van der Waals surface area (Å²) in [7, 11) is 0. The summed E-state index contributed by atoms with van der Waals surface area (Å²) < 4.78 is 4.85. The van der Waals surface area contributed by atoms with E-state index in [1.807, 2.05) is 0 Å². The Morgan fingerprint density at radius 3 is 2.69 bits per heavy atom. The summed E-state index contributed by atoms with van der Waals surface area (Å²) in [4.78, 5) is 52.8. The van der Waals surface area contributed by atoms with E-state index in [2.05, 4.69) is 10.3 Å². The Bertz CT molecular complexity index is 876. The van der Waals surface area contributed by atoms with Gasteiger partial charge >= 0.3 is 5.97 Å². The first-order valence-corrected chi connectivity index (χ1v) is 8.77. The topological polar surface area (TPSA) is 106 Å². The number of amides is 3. The minimum atomic E-state index is -0.558. The van der Waals surface area contributed by atoms with E-state index in [9.17, 15) is 19.2 Å². The molecule has 0 unspecified atom stereocenters. The lowest BCUT2D eigenvalue weighted by atomic mass is 10.2. The SMILES string of the molecule is CCOC(=O)c1csc(NC(=O)c2cccc(N3C(=O)CCC3=O)c2)n1. The van der Waals surface area contributed by atoms with Crippen LogP contribution in [0, 0.1) is 0 Å². The third-order valence-electron chi connectivity index (χ3n) is 3.63. The van der Waals surface area contributed by atoms with Gasteiger partial charge in [0.25, 0.3) is 5.91 Å². The molecule has 0 atom stereocenters. The molecule has 9 heteroatoms. The van der Waals surface area contributed by atoms with Gasteiger partial charge in [-0.3, -0.25) is 24.6 Å². The summed E-state index contributed by atoms with van der Waals surface area (Å²) in [5, 5.41) is 4.33. The highest BCUT2D eigenvalue weighted by atomic mass is 32.1. The molecule has 8 nitrogen and oxygen atoms in total. The van der Waals surface area contributed by atoms with Crippen molar-refractivity contribution >= 4 is 45.8 Å². The number of thiazole rings is 1. The fourth-order valence-electron chi connectivity index (χ4n) is 2.45. The first-order chi connectivity index (χ1) is 12.5. The van der Waals surface area contributed by atoms with Gasteiger partial charge in [-0.15, -0.1) is 11.3 Å². The van der Waals surface area contributed by atoms with Crippen LogP contribution in [0.2, 0.25) is 0 Å². The number of benzene rings is 1. The number of ether oxygens (including phenoxy) is 1. The van der Waals surface area contributed by atoms with Crippen molar-refractivity contribution in [3.63, 3.8) is 0 Å². The van der Waals surface area contributed by atoms with E-state index in [1.165, 1.54) is 11.4 Å². The molecule has 1 aromatic carbocycles. The minimum absolute atomic E-state index is 0.120. The molecule has 0 bridgehead atoms. The van der Waals surface area contributed by atoms with Gasteiger partial charge in [-0.1, -0.05) is 6.07 Å². The first-order valence-electron chi connectivity index (χ1n) is 7.89. The number of esters is 1. The lowest BCUT2D eigenvalue weighted by Gasteiger charge is -2.14. The smallest absolute Gasteiger partial charge is 0.357 e. The summed E-state index contributed by atoms with van der Waals surface area (Å²) in [6.07, 6.45) is 0.343. The van der Waals surface area contributed by atoms with Crippen molar-refractivity contribution in [3.8, 4) is 0 Å². The van der Waals surface area contributed by atoms with Gasteiger partial charge in [-0.25, -0.2) is 9.78 Å². The molecule has 26 heavy (non-hydrogen) atoms. The molecule has 1 aliphatic heterocycles. The van der Waals surface area contributed by atoms with Crippen molar-refractivity contribution in [1.29, 1.82) is 0 Å². The van der Waals surface area contributed by atoms with Crippen LogP contribution < -0.4 is 10.2 Å². The number of aromatic nitrogens is 1. The van der Waals surface area contributed by atoms with Gasteiger partial charge in [0, 0.05) is 23.8 Å². The monoisotopic (exact) mass is 373 g/mol. The van der Waals surface area contributed by atoms with E-state index in [1.54, 1.807) is 25.1 Å². The number of anilines is 2. The number of nitrogens with one attached hydrogen (secondary N) is 1. The Hall–Kier alpha value is -3.07. The van der Waals surface area contributed by atoms with Crippen LogP contribution in [0.3, 0.4) is 0 Å². The first kappa shape index (κ1) is 17.7. The van der Waals surface area contributed by atoms with Gasteiger partial charge < -0.3 is 4.74 Å². The molecule has 134 valence electrons. The van der Waals surface area contributed by atoms with Gasteiger partial charge in [0.15, 0.2) is 10.8 Å². The summed E-state index contributed by atoms with van der Waals surface area (Å²) in [6.45, 7) is 1.93. The second-order valence-corrected chi connectivity index (χ2v) is 6.24. The van der Waals surface area contributed by atoms with E-state index in [-0.39, 0.29) is 47.7 Å². The molecule has 1 fully saturated rings. The van der Waals surface area contributed by atoms with Gasteiger partial charge in [-0.05, 0) is 25.1 Å². The fourth-order valence-corrected chi connectivity index (χ4v) is 3.12. The maximum Gasteiger partial charge on any atom is 0.357 e. The number of carbonyl (C=O) groups excluding carboxylic acids is 4. The zero-order valence-corrected chi connectivity index (χ0v) is 14.7. The van der Waals surface area contributed by atoms with Crippen molar-refractivity contribution in [2.24, 2.45) is 0 Å². The van der Waals surface area contributed by atoms with Crippen molar-refractivity contribution in [3.05, 3.63) is 40.9 Å². The predicted octanol–water partition coefficient (Wildman–Crippen LogP) is 2.23. The van der Waals surface area contributed by atoms with Crippen LogP contribution >= 0.6 is 11.3 Å². The lowest BCUT2D eigenvalue weighted by Crippen LogP contribution is -2.28. The van der Waals surface area contributed by atoms with Crippen molar-refractivity contribution < 1.29 is 23.9 Å². The Labute approximate surface area is 152 Å². The maximum atomic E-state index is 12.4. The Morgan fingerprint density at radius 2 is 2.00 bits per heavy atom. The fraction of sp³-hybridized carbons (Fsp3) is 0.235. The Morgan fingerprint density at radius 1 is 1.27 bits per heavy atom. The van der Waals surface area contributed by atoms with E-state index in [0.717, 1.165) is 16.2 Å². The molecule has 3 amide bonds. The molecule has 0 radical (unpaired) electrons. The van der Waals surface area contributed by atoms with Crippen LogP contribution in [0.25, 0.3) is 0 Å². The summed E-state index contributed by atoms with van der Waals surface area (Å²) in [5.74, 6) is -1.59. The molecular weight excluding hydrogens is 358 g/mol. The van der Waals surface area contributed by atoms with Crippen molar-refractivity contribution in [2.75, 3.05) is 16.8 Å². The number of hydrogen-bond donors (Lipinski definition) is 1. The van der Waals surface area contributed by atoms with E-state index < -0.39 is 11.9 Å². The molecule has 2 aromatic rings. The summed E-state index contributed by atoms with van der Waals surface area (Å²) in [6, 6.07) is 6.22. The molecule has 3 rings (SSSR count). The zero-order valence-electron chi connectivity index (χ0n) is 13.9. The number of nitrogens with zero attached hydrogens (tertiary/aromatic N) is 2. The van der Waals surface area contributed by atoms with Crippen LogP contribution in [0.15, 0.2) is 29.6 Å². The van der Waals surface area contributed by atoms with Crippen LogP contribution in [-0.4, -0.2) is 35.3 Å². The number of imide groups is 1. The summed E-state index contributed by atoms with van der Waals surface area (Å²) >= 11 is 1.09. The highest BCUT2D eigenvalue weighted by molar-refractivity contribution is 7.14. The average Bonchev–Trinajstić information content (AvgIpc) is 3.22. The van der Waals surface area contributed by atoms with E-state index in [0.29, 0.717) is 5.69 Å². The second-order valence-electron chi connectivity index (χ2n) is 5.39. The molecular formula is C17H15N3O5S. The third-order valence-corrected chi connectivity index (χ3v) is 4.39. The van der Waals surface area contributed by atoms with E-state index >= 15 is 0 Å². The number of rotatable bonds is 5. The lowest BCUT2D eigenvalue weighted by molar-refractivity contribution is -0.121. The molecule has 0 spiro atoms. The van der Waals surface area contributed by atoms with Gasteiger partial charge in [0.05, 0.1) is 12.3 Å². The normalized spacial score (nSPS) is 13.8. The number of hydrogen-bond acceptors (Lipinski definition) is 7.